The molecule has 2 heterocycles. The maximum absolute atomic E-state index is 9.55. The van der Waals surface area contributed by atoms with Gasteiger partial charge in [-0.25, -0.2) is 0 Å². The minimum Gasteiger partial charge on any atom is -0.309 e. The normalized spacial score (nSPS) is 15.0. The van der Waals surface area contributed by atoms with Crippen molar-refractivity contribution in [1.29, 1.82) is 0 Å². The summed E-state index contributed by atoms with van der Waals surface area (Å²) < 4.78 is 151. The molecule has 13 aromatic rings. The molecule has 11 aromatic carbocycles. The molecule has 0 N–H and O–H groups in total. The Hall–Kier alpha value is -8.90. The predicted molar refractivity (Wildman–Crippen MR) is 378 cm³/mol. The van der Waals surface area contributed by atoms with Crippen molar-refractivity contribution >= 4 is 93.7 Å². The van der Waals surface area contributed by atoms with Gasteiger partial charge in [0.15, 0.2) is 0 Å². The third kappa shape index (κ3) is 10.5. The number of benzene rings is 11. The van der Waals surface area contributed by atoms with Gasteiger partial charge in [-0.3, -0.25) is 0 Å². The number of para-hydroxylation sites is 6. The van der Waals surface area contributed by atoms with E-state index in [4.69, 9.17) is 11.0 Å². The Morgan fingerprint density at radius 2 is 0.667 bits per heavy atom. The molecule has 432 valence electrons. The summed E-state index contributed by atoms with van der Waals surface area (Å²) in [5.74, 6) is 0. The van der Waals surface area contributed by atoms with Crippen LogP contribution in [0.5, 0.6) is 0 Å². The highest BCUT2D eigenvalue weighted by atomic mass is 79.9. The summed E-state index contributed by atoms with van der Waals surface area (Å²) in [7, 11) is 0. The van der Waals surface area contributed by atoms with Gasteiger partial charge in [-0.15, -0.1) is 0 Å². The maximum Gasteiger partial charge on any atom is 0.0657 e. The van der Waals surface area contributed by atoms with E-state index in [0.717, 1.165) is 44.5 Å². The van der Waals surface area contributed by atoms with Gasteiger partial charge < -0.3 is 18.9 Å². The summed E-state index contributed by atoms with van der Waals surface area (Å²) in [6.45, 7) is 26.1. The average Bonchev–Trinajstić information content (AvgIpc) is 1.56. The number of fused-ring (bicyclic) bond motifs is 6. The number of hydrogen-bond donors (Lipinski definition) is 0. The van der Waals surface area contributed by atoms with Gasteiger partial charge in [0.25, 0.3) is 0 Å². The van der Waals surface area contributed by atoms with Gasteiger partial charge in [0, 0.05) is 55.4 Å². The highest BCUT2D eigenvalue weighted by molar-refractivity contribution is 9.10. The van der Waals surface area contributed by atoms with Crippen LogP contribution in [0, 0.1) is 0 Å². The molecule has 0 radical (unpaired) electrons. The topological polar surface area (TPSA) is 16.3 Å². The highest BCUT2D eigenvalue weighted by Crippen LogP contribution is 2.53. The fourth-order valence-corrected chi connectivity index (χ4v) is 12.3. The Bertz CT molecular complexity index is 5560. The van der Waals surface area contributed by atoms with Crippen molar-refractivity contribution in [3.05, 3.63) is 275 Å². The second kappa shape index (κ2) is 21.8. The first-order valence-electron chi connectivity index (χ1n) is 37.4. The molecule has 0 unspecified atom stereocenters. The third-order valence-corrected chi connectivity index (χ3v) is 17.3. The van der Waals surface area contributed by atoms with E-state index in [0.29, 0.717) is 50.0 Å². The smallest absolute Gasteiger partial charge is 0.0657 e. The Labute approximate surface area is 545 Å². The van der Waals surface area contributed by atoms with E-state index in [1.807, 2.05) is 72.8 Å². The zero-order valence-electron chi connectivity index (χ0n) is 67.1. The quantitative estimate of drug-likeness (QED) is 0.136. The Balaban J connectivity index is 1.18. The lowest BCUT2D eigenvalue weighted by atomic mass is 9.78. The van der Waals surface area contributed by atoms with Crippen molar-refractivity contribution in [2.45, 2.75) is 105 Å². The molecule has 4 nitrogen and oxygen atoms in total. The summed E-state index contributed by atoms with van der Waals surface area (Å²) in [6.07, 6.45) is 0. The van der Waals surface area contributed by atoms with Crippen LogP contribution in [-0.4, -0.2) is 9.13 Å². The number of nitrogens with zero attached hydrogens (tertiary/aromatic N) is 4. The summed E-state index contributed by atoms with van der Waals surface area (Å²) in [5.41, 5.74) is 10.5. The zero-order chi connectivity index (χ0) is 74.7. The van der Waals surface area contributed by atoms with Crippen molar-refractivity contribution in [1.82, 2.24) is 9.13 Å². The Kier molecular flexibility index (Phi) is 10.3. The van der Waals surface area contributed by atoms with Gasteiger partial charge in [-0.2, -0.15) is 0 Å². The van der Waals surface area contributed by atoms with E-state index in [1.54, 1.807) is 12.1 Å². The summed E-state index contributed by atoms with van der Waals surface area (Å²) in [4.78, 5) is 4.28. The van der Waals surface area contributed by atoms with E-state index < -0.39 is 102 Å². The fraction of sp³-hybridized carbons (Fsp3) is 0.195. The van der Waals surface area contributed by atoms with Crippen LogP contribution in [-0.2, 0) is 21.7 Å². The van der Waals surface area contributed by atoms with Crippen LogP contribution in [0.3, 0.4) is 0 Å². The van der Waals surface area contributed by atoms with E-state index in [-0.39, 0.29) is 59.9 Å². The molecule has 0 bridgehead atoms. The van der Waals surface area contributed by atoms with Gasteiger partial charge >= 0.3 is 0 Å². The maximum atomic E-state index is 9.55. The molecule has 0 aliphatic heterocycles. The lowest BCUT2D eigenvalue weighted by molar-refractivity contribution is 0.569. The summed E-state index contributed by atoms with van der Waals surface area (Å²) in [5, 5.41) is -0.219. The molecule has 0 saturated carbocycles. The summed E-state index contributed by atoms with van der Waals surface area (Å²) in [6, 6.07) is 42.5. The molecule has 0 aliphatic rings. The number of aromatic nitrogens is 2. The number of hydrogen-bond acceptors (Lipinski definition) is 2. The molecule has 87 heavy (non-hydrogen) atoms. The van der Waals surface area contributed by atoms with Gasteiger partial charge in [0.1, 0.15) is 0 Å². The van der Waals surface area contributed by atoms with E-state index in [2.05, 4.69) is 176 Å². The Morgan fingerprint density at radius 3 is 1.07 bits per heavy atom. The van der Waals surface area contributed by atoms with Crippen molar-refractivity contribution in [2.75, 3.05) is 9.80 Å². The minimum atomic E-state index is -0.613. The van der Waals surface area contributed by atoms with Crippen molar-refractivity contribution < 1.29 is 21.9 Å². The van der Waals surface area contributed by atoms with Crippen LogP contribution in [0.1, 0.15) is 127 Å². The first-order chi connectivity index (χ1) is 48.3. The minimum absolute atomic E-state index is 0.0322. The third-order valence-electron chi connectivity index (χ3n) is 16.4. The van der Waals surface area contributed by atoms with Crippen molar-refractivity contribution in [2.24, 2.45) is 0 Å². The van der Waals surface area contributed by atoms with E-state index in [1.165, 1.54) is 9.13 Å². The second-order valence-electron chi connectivity index (χ2n) is 26.5. The number of anilines is 6. The van der Waals surface area contributed by atoms with Crippen molar-refractivity contribution in [3.8, 4) is 33.6 Å². The molecule has 5 heteroatoms. The zero-order valence-corrected chi connectivity index (χ0v) is 52.7. The monoisotopic (exact) mass is 1210 g/mol. The largest absolute Gasteiger partial charge is 0.309 e. The van der Waals surface area contributed by atoms with Crippen LogP contribution < -0.4 is 9.80 Å². The van der Waals surface area contributed by atoms with Gasteiger partial charge in [-0.1, -0.05) is 247 Å². The lowest BCUT2D eigenvalue weighted by Crippen LogP contribution is -2.20. The molecule has 0 spiro atoms. The predicted octanol–water partition coefficient (Wildman–Crippen LogP) is 24.1. The van der Waals surface area contributed by atoms with Gasteiger partial charge in [0.05, 0.1) is 71.2 Å². The number of halogens is 1. The van der Waals surface area contributed by atoms with Gasteiger partial charge in [0.2, 0.25) is 0 Å². The average molecular weight is 1210 g/mol. The molecule has 0 saturated heterocycles. The SMILES string of the molecule is [2H]c1c([2H])c([2H])c2c(c1[2H])c1c([2H])c([2H])c([2H])c([2H])c1n2-c1cccc(N(c2ccccc2-c2cccc(C(C)(C)C)c2)c2cc(C(C)(C)C)cc(N(c3cccc(-n4c5c([2H])c([2H])c([2H])c([2H])c5c5c([2H])c([2H])c([2H])c([2H])c54)c3)c3ccccc3-c3cc(C(C)(C)C)cc(C(C)(C)C)c3)c2Br)c1. The lowest BCUT2D eigenvalue weighted by Gasteiger charge is -2.35. The van der Waals surface area contributed by atoms with Crippen molar-refractivity contribution in [3.63, 3.8) is 0 Å². The summed E-state index contributed by atoms with van der Waals surface area (Å²) >= 11 is 4.39. The molecule has 13 rings (SSSR count). The molecule has 0 atom stereocenters. The standard InChI is InChI=1S/C82H77BrN4/c1-79(2,3)56-29-25-28-54(46-56)64-34-13-19-40-70(64)86(62-32-26-30-60(52-62)84-72-42-21-15-36-66(72)67-37-16-22-43-73(67)84)76-50-59(82(10,11)12)51-77(78(76)83)87(71-41-20-14-35-65(71)55-47-57(80(4,5)6)49-58(48-55)81(7,8)9)63-33-27-31-61(53-63)85-74-44-23-17-38-68(74)69-39-18-24-45-75(69)85/h13-53H,1-12H3/i15D,16D,17D,18D,21D,22D,23D,24D,36D,37D,38D,39D,42D,43D,44D,45D. The molecular formula is C82H77BrN4. The molecule has 0 aliphatic carbocycles. The fourth-order valence-electron chi connectivity index (χ4n) is 11.7. The Morgan fingerprint density at radius 1 is 0.322 bits per heavy atom. The first kappa shape index (κ1) is 41.2. The van der Waals surface area contributed by atoms with Gasteiger partial charge in [-0.05, 0) is 156 Å². The van der Waals surface area contributed by atoms with Crippen LogP contribution in [0.25, 0.3) is 77.2 Å². The van der Waals surface area contributed by atoms with Crippen LogP contribution >= 0.6 is 15.9 Å². The second-order valence-corrected chi connectivity index (χ2v) is 27.3. The molecule has 0 fully saturated rings. The number of rotatable bonds is 10. The van der Waals surface area contributed by atoms with Crippen LogP contribution in [0.15, 0.2) is 253 Å². The van der Waals surface area contributed by atoms with E-state index >= 15 is 0 Å². The molecule has 0 amide bonds. The highest BCUT2D eigenvalue weighted by Gasteiger charge is 2.31. The molecule has 2 aromatic heterocycles. The first-order valence-corrected chi connectivity index (χ1v) is 30.2. The van der Waals surface area contributed by atoms with Crippen LogP contribution in [0.4, 0.5) is 34.1 Å². The molecular weight excluding hydrogens is 1120 g/mol. The van der Waals surface area contributed by atoms with E-state index in [9.17, 15) is 11.0 Å². The van der Waals surface area contributed by atoms with Crippen LogP contribution in [0.2, 0.25) is 0 Å².